The maximum absolute atomic E-state index is 6.02. The molecule has 4 nitrogen and oxygen atoms in total. The highest BCUT2D eigenvalue weighted by molar-refractivity contribution is 5.66. The fraction of sp³-hybridized carbons (Fsp3) is 0.783. The molecule has 4 heteroatoms. The number of nitrogens with zero attached hydrogens (tertiary/aromatic N) is 2. The molecule has 0 spiro atoms. The summed E-state index contributed by atoms with van der Waals surface area (Å²) in [7, 11) is 0. The third-order valence-corrected chi connectivity index (χ3v) is 6.26. The molecular formula is C23H38N2O2. The highest BCUT2D eigenvalue weighted by Gasteiger charge is 2.41. The highest BCUT2D eigenvalue weighted by Crippen LogP contribution is 2.39. The molecule has 0 amide bonds. The predicted octanol–water partition coefficient (Wildman–Crippen LogP) is 5.15. The lowest BCUT2D eigenvalue weighted by Gasteiger charge is -2.44. The van der Waals surface area contributed by atoms with Gasteiger partial charge in [0.25, 0.3) is 0 Å². The number of hydrogen-bond acceptors (Lipinski definition) is 4. The Morgan fingerprint density at radius 1 is 1.26 bits per heavy atom. The Kier molecular flexibility index (Phi) is 6.80. The van der Waals surface area contributed by atoms with Gasteiger partial charge in [0, 0.05) is 37.2 Å². The van der Waals surface area contributed by atoms with E-state index in [0.29, 0.717) is 11.8 Å². The summed E-state index contributed by atoms with van der Waals surface area (Å²) in [5.41, 5.74) is 0.0999. The molecule has 2 saturated heterocycles. The van der Waals surface area contributed by atoms with E-state index >= 15 is 0 Å². The summed E-state index contributed by atoms with van der Waals surface area (Å²) in [4.78, 5) is 7.59. The lowest BCUT2D eigenvalue weighted by atomic mass is 9.74. The molecule has 2 unspecified atom stereocenters. The third-order valence-electron chi connectivity index (χ3n) is 6.26. The van der Waals surface area contributed by atoms with E-state index < -0.39 is 0 Å². The summed E-state index contributed by atoms with van der Waals surface area (Å²) in [6.45, 7) is 14.3. The Labute approximate surface area is 165 Å². The van der Waals surface area contributed by atoms with E-state index in [1.807, 2.05) is 6.07 Å². The molecule has 2 atom stereocenters. The minimum Gasteiger partial charge on any atom is -0.469 e. The van der Waals surface area contributed by atoms with Gasteiger partial charge in [0.1, 0.15) is 5.76 Å². The van der Waals surface area contributed by atoms with Crippen LogP contribution in [0.25, 0.3) is 0 Å². The Hall–Kier alpha value is -1.13. The Morgan fingerprint density at radius 2 is 2.04 bits per heavy atom. The van der Waals surface area contributed by atoms with Crippen molar-refractivity contribution in [3.63, 3.8) is 0 Å². The Bertz CT molecular complexity index is 588. The van der Waals surface area contributed by atoms with E-state index in [-0.39, 0.29) is 11.0 Å². The Balaban J connectivity index is 1.64. The molecule has 0 N–H and O–H groups in total. The minimum atomic E-state index is -0.0569. The maximum Gasteiger partial charge on any atom is 0.107 e. The third kappa shape index (κ3) is 5.68. The smallest absolute Gasteiger partial charge is 0.107 e. The van der Waals surface area contributed by atoms with Crippen molar-refractivity contribution in [2.45, 2.75) is 71.3 Å². The molecular weight excluding hydrogens is 336 g/mol. The monoisotopic (exact) mass is 374 g/mol. The van der Waals surface area contributed by atoms with Gasteiger partial charge in [-0.1, -0.05) is 13.8 Å². The van der Waals surface area contributed by atoms with Crippen molar-refractivity contribution in [3.05, 3.63) is 24.2 Å². The first kappa shape index (κ1) is 20.6. The highest BCUT2D eigenvalue weighted by atomic mass is 16.5. The molecule has 0 saturated carbocycles. The van der Waals surface area contributed by atoms with Crippen LogP contribution in [0.15, 0.2) is 27.8 Å². The first-order valence-corrected chi connectivity index (χ1v) is 10.8. The summed E-state index contributed by atoms with van der Waals surface area (Å²) in [5, 5.41) is 0. The van der Waals surface area contributed by atoms with E-state index in [0.717, 1.165) is 44.7 Å². The van der Waals surface area contributed by atoms with Crippen LogP contribution in [0.2, 0.25) is 0 Å². The lowest BCUT2D eigenvalue weighted by molar-refractivity contribution is -0.0897. The van der Waals surface area contributed by atoms with E-state index in [2.05, 4.69) is 44.9 Å². The van der Waals surface area contributed by atoms with Gasteiger partial charge in [0.15, 0.2) is 0 Å². The van der Waals surface area contributed by atoms with Gasteiger partial charge in [0.2, 0.25) is 0 Å². The van der Waals surface area contributed by atoms with E-state index in [4.69, 9.17) is 14.1 Å². The molecule has 0 aliphatic carbocycles. The van der Waals surface area contributed by atoms with Crippen LogP contribution in [0.5, 0.6) is 0 Å². The molecule has 1 aromatic rings. The summed E-state index contributed by atoms with van der Waals surface area (Å²) in [5.74, 6) is 2.10. The number of ether oxygens (including phenoxy) is 1. The predicted molar refractivity (Wildman–Crippen MR) is 112 cm³/mol. The van der Waals surface area contributed by atoms with Crippen molar-refractivity contribution in [1.82, 2.24) is 4.90 Å². The van der Waals surface area contributed by atoms with Crippen molar-refractivity contribution in [2.24, 2.45) is 16.3 Å². The number of furan rings is 1. The molecule has 2 aliphatic heterocycles. The van der Waals surface area contributed by atoms with Crippen LogP contribution in [-0.2, 0) is 4.74 Å². The lowest BCUT2D eigenvalue weighted by Crippen LogP contribution is -2.48. The number of aliphatic imine (C=N–C) groups is 1. The van der Waals surface area contributed by atoms with E-state index in [1.165, 1.54) is 25.9 Å². The van der Waals surface area contributed by atoms with Crippen LogP contribution in [0, 0.1) is 11.3 Å². The maximum atomic E-state index is 6.02. The standard InChI is InChI=1S/C23H38N2O2/c1-19(2)20(21-8-7-14-26-21)9-11-24-17-23(18-25-12-5-6-13-25)10-15-27-22(3,4)16-23/h7-8,14,17,19-20H,5-6,9-13,15-16,18H2,1-4H3. The normalized spacial score (nSPS) is 27.6. The zero-order valence-electron chi connectivity index (χ0n) is 17.7. The first-order valence-electron chi connectivity index (χ1n) is 10.8. The van der Waals surface area contributed by atoms with Crippen molar-refractivity contribution in [2.75, 3.05) is 32.8 Å². The fourth-order valence-electron chi connectivity index (χ4n) is 4.97. The molecule has 152 valence electrons. The van der Waals surface area contributed by atoms with Crippen LogP contribution in [0.3, 0.4) is 0 Å². The fourth-order valence-corrected chi connectivity index (χ4v) is 4.97. The Morgan fingerprint density at radius 3 is 2.67 bits per heavy atom. The molecule has 2 fully saturated rings. The van der Waals surface area contributed by atoms with Gasteiger partial charge < -0.3 is 14.1 Å². The largest absolute Gasteiger partial charge is 0.469 e. The average Bonchev–Trinajstić information content (AvgIpc) is 3.27. The summed E-state index contributed by atoms with van der Waals surface area (Å²) in [6, 6.07) is 4.09. The van der Waals surface area contributed by atoms with Gasteiger partial charge in [-0.3, -0.25) is 4.99 Å². The topological polar surface area (TPSA) is 38.0 Å². The first-order chi connectivity index (χ1) is 12.9. The summed E-state index contributed by atoms with van der Waals surface area (Å²) >= 11 is 0. The molecule has 3 rings (SSSR count). The van der Waals surface area contributed by atoms with Crippen molar-refractivity contribution in [3.8, 4) is 0 Å². The molecule has 27 heavy (non-hydrogen) atoms. The van der Waals surface area contributed by atoms with E-state index in [1.54, 1.807) is 6.26 Å². The van der Waals surface area contributed by atoms with Gasteiger partial charge in [-0.25, -0.2) is 0 Å². The van der Waals surface area contributed by atoms with E-state index in [9.17, 15) is 0 Å². The molecule has 0 radical (unpaired) electrons. The zero-order chi connectivity index (χ0) is 19.3. The average molecular weight is 375 g/mol. The van der Waals surface area contributed by atoms with Crippen LogP contribution >= 0.6 is 0 Å². The minimum absolute atomic E-state index is 0.0569. The van der Waals surface area contributed by atoms with Gasteiger partial charge in [-0.15, -0.1) is 0 Å². The van der Waals surface area contributed by atoms with Crippen LogP contribution in [0.4, 0.5) is 0 Å². The van der Waals surface area contributed by atoms with Crippen LogP contribution in [0.1, 0.15) is 71.5 Å². The number of rotatable bonds is 8. The molecule has 3 heterocycles. The quantitative estimate of drug-likeness (QED) is 0.591. The second kappa shape index (κ2) is 8.91. The summed E-state index contributed by atoms with van der Waals surface area (Å²) < 4.78 is 11.7. The number of likely N-dealkylation sites (tertiary alicyclic amines) is 1. The molecule has 2 aliphatic rings. The van der Waals surface area contributed by atoms with Crippen LogP contribution < -0.4 is 0 Å². The molecule has 0 aromatic carbocycles. The SMILES string of the molecule is CC(C)C(CCN=CC1(CN2CCCC2)CCOC(C)(C)C1)c1ccco1. The van der Waals surface area contributed by atoms with Crippen LogP contribution in [-0.4, -0.2) is 49.5 Å². The molecule has 0 bridgehead atoms. The summed E-state index contributed by atoms with van der Waals surface area (Å²) in [6.07, 6.45) is 9.95. The second-order valence-electron chi connectivity index (χ2n) is 9.57. The zero-order valence-corrected chi connectivity index (χ0v) is 17.7. The number of hydrogen-bond donors (Lipinski definition) is 0. The van der Waals surface area contributed by atoms with Gasteiger partial charge >= 0.3 is 0 Å². The molecule has 1 aromatic heterocycles. The van der Waals surface area contributed by atoms with Crippen molar-refractivity contribution in [1.29, 1.82) is 0 Å². The van der Waals surface area contributed by atoms with Gasteiger partial charge in [-0.05, 0) is 77.1 Å². The van der Waals surface area contributed by atoms with Gasteiger partial charge in [0.05, 0.1) is 11.9 Å². The second-order valence-corrected chi connectivity index (χ2v) is 9.57. The van der Waals surface area contributed by atoms with Gasteiger partial charge in [-0.2, -0.15) is 0 Å². The van der Waals surface area contributed by atoms with Crippen molar-refractivity contribution >= 4 is 6.21 Å². The van der Waals surface area contributed by atoms with Crippen molar-refractivity contribution < 1.29 is 9.15 Å².